The van der Waals surface area contributed by atoms with Crippen molar-refractivity contribution in [3.05, 3.63) is 52.8 Å². The quantitative estimate of drug-likeness (QED) is 0.773. The molecule has 1 aromatic carbocycles. The van der Waals surface area contributed by atoms with E-state index in [4.69, 9.17) is 0 Å². The van der Waals surface area contributed by atoms with Gasteiger partial charge in [0.2, 0.25) is 0 Å². The highest BCUT2D eigenvalue weighted by molar-refractivity contribution is 5.54. The van der Waals surface area contributed by atoms with Crippen LogP contribution in [0.4, 0.5) is 0 Å². The topological polar surface area (TPSA) is 34.9 Å². The maximum Gasteiger partial charge on any atom is 0.124 e. The molecule has 2 rings (SSSR count). The lowest BCUT2D eigenvalue weighted by molar-refractivity contribution is -0.107. The van der Waals surface area contributed by atoms with Gasteiger partial charge in [-0.05, 0) is 38.0 Å². The van der Waals surface area contributed by atoms with Gasteiger partial charge in [-0.25, -0.2) is 0 Å². The standard InChI is InChI=1S/C15H18N2O/c1-11-10-12(2)17(16-11)13(3)15-6-4-14(5-7-15)8-9-18/h4-7,9-10,13H,8H2,1-3H3. The normalized spacial score (nSPS) is 12.4. The van der Waals surface area contributed by atoms with Crippen molar-refractivity contribution in [1.29, 1.82) is 0 Å². The lowest BCUT2D eigenvalue weighted by Crippen LogP contribution is -2.10. The van der Waals surface area contributed by atoms with E-state index in [2.05, 4.69) is 37.1 Å². The minimum atomic E-state index is 0.212. The Kier molecular flexibility index (Phi) is 3.60. The van der Waals surface area contributed by atoms with E-state index in [9.17, 15) is 4.79 Å². The van der Waals surface area contributed by atoms with Crippen molar-refractivity contribution in [2.45, 2.75) is 33.2 Å². The van der Waals surface area contributed by atoms with Gasteiger partial charge in [-0.1, -0.05) is 24.3 Å². The van der Waals surface area contributed by atoms with Gasteiger partial charge in [0.1, 0.15) is 6.29 Å². The second-order valence-corrected chi connectivity index (χ2v) is 4.66. The second kappa shape index (κ2) is 5.17. The molecule has 0 aliphatic carbocycles. The Balaban J connectivity index is 2.25. The SMILES string of the molecule is Cc1cc(C)n(C(C)c2ccc(CC=O)cc2)n1. The van der Waals surface area contributed by atoms with Crippen LogP contribution in [0, 0.1) is 13.8 Å². The number of hydrogen-bond donors (Lipinski definition) is 0. The molecule has 1 aromatic heterocycles. The molecule has 1 atom stereocenters. The average molecular weight is 242 g/mol. The van der Waals surface area contributed by atoms with Gasteiger partial charge in [0, 0.05) is 12.1 Å². The van der Waals surface area contributed by atoms with Crippen molar-refractivity contribution in [2.75, 3.05) is 0 Å². The number of aryl methyl sites for hydroxylation is 2. The van der Waals surface area contributed by atoms with E-state index in [1.165, 1.54) is 5.56 Å². The minimum absolute atomic E-state index is 0.212. The minimum Gasteiger partial charge on any atom is -0.303 e. The van der Waals surface area contributed by atoms with E-state index >= 15 is 0 Å². The summed E-state index contributed by atoms with van der Waals surface area (Å²) in [5, 5.41) is 4.51. The summed E-state index contributed by atoms with van der Waals surface area (Å²) in [7, 11) is 0. The summed E-state index contributed by atoms with van der Waals surface area (Å²) in [6, 6.07) is 10.4. The largest absolute Gasteiger partial charge is 0.303 e. The fourth-order valence-corrected chi connectivity index (χ4v) is 2.21. The van der Waals surface area contributed by atoms with E-state index in [0.717, 1.165) is 23.2 Å². The summed E-state index contributed by atoms with van der Waals surface area (Å²) < 4.78 is 2.03. The third kappa shape index (κ3) is 2.50. The third-order valence-electron chi connectivity index (χ3n) is 3.19. The maximum absolute atomic E-state index is 10.4. The van der Waals surface area contributed by atoms with Gasteiger partial charge in [0.25, 0.3) is 0 Å². The molecule has 0 aliphatic rings. The number of carbonyl (C=O) groups is 1. The van der Waals surface area contributed by atoms with Crippen LogP contribution in [0.5, 0.6) is 0 Å². The predicted octanol–water partition coefficient (Wildman–Crippen LogP) is 2.85. The highest BCUT2D eigenvalue weighted by Gasteiger charge is 2.11. The Labute approximate surface area is 107 Å². The van der Waals surface area contributed by atoms with Crippen molar-refractivity contribution in [1.82, 2.24) is 9.78 Å². The van der Waals surface area contributed by atoms with Gasteiger partial charge in [0.15, 0.2) is 0 Å². The van der Waals surface area contributed by atoms with E-state index < -0.39 is 0 Å². The predicted molar refractivity (Wildman–Crippen MR) is 71.7 cm³/mol. The molecule has 0 spiro atoms. The molecule has 0 bridgehead atoms. The molecule has 1 unspecified atom stereocenters. The number of rotatable bonds is 4. The molecule has 0 N–H and O–H groups in total. The molecule has 94 valence electrons. The molecule has 0 saturated carbocycles. The van der Waals surface area contributed by atoms with E-state index in [0.29, 0.717) is 6.42 Å². The fraction of sp³-hybridized carbons (Fsp3) is 0.333. The van der Waals surface area contributed by atoms with Gasteiger partial charge in [-0.2, -0.15) is 5.10 Å². The zero-order chi connectivity index (χ0) is 13.1. The number of nitrogens with zero attached hydrogens (tertiary/aromatic N) is 2. The summed E-state index contributed by atoms with van der Waals surface area (Å²) in [4.78, 5) is 10.4. The fourth-order valence-electron chi connectivity index (χ4n) is 2.21. The molecular weight excluding hydrogens is 224 g/mol. The first-order chi connectivity index (χ1) is 8.61. The lowest BCUT2D eigenvalue weighted by Gasteiger charge is -2.15. The van der Waals surface area contributed by atoms with Crippen LogP contribution in [0.15, 0.2) is 30.3 Å². The van der Waals surface area contributed by atoms with Crippen LogP contribution < -0.4 is 0 Å². The van der Waals surface area contributed by atoms with Gasteiger partial charge < -0.3 is 4.79 Å². The zero-order valence-electron chi connectivity index (χ0n) is 11.1. The Morgan fingerprint density at radius 1 is 1.28 bits per heavy atom. The molecule has 3 nitrogen and oxygen atoms in total. The molecule has 0 amide bonds. The van der Waals surface area contributed by atoms with Crippen LogP contribution in [0.2, 0.25) is 0 Å². The van der Waals surface area contributed by atoms with Gasteiger partial charge in [-0.3, -0.25) is 4.68 Å². The van der Waals surface area contributed by atoms with Gasteiger partial charge in [-0.15, -0.1) is 0 Å². The van der Waals surface area contributed by atoms with Crippen LogP contribution in [0.1, 0.15) is 35.5 Å². The van der Waals surface area contributed by atoms with Crippen LogP contribution >= 0.6 is 0 Å². The maximum atomic E-state index is 10.4. The summed E-state index contributed by atoms with van der Waals surface area (Å²) in [5.41, 5.74) is 4.46. The zero-order valence-corrected chi connectivity index (χ0v) is 11.1. The number of carbonyl (C=O) groups excluding carboxylic acids is 1. The van der Waals surface area contributed by atoms with E-state index in [-0.39, 0.29) is 6.04 Å². The summed E-state index contributed by atoms with van der Waals surface area (Å²) >= 11 is 0. The molecular formula is C15H18N2O. The van der Waals surface area contributed by atoms with Crippen molar-refractivity contribution in [2.24, 2.45) is 0 Å². The first-order valence-corrected chi connectivity index (χ1v) is 6.17. The molecule has 0 saturated heterocycles. The number of hydrogen-bond acceptors (Lipinski definition) is 2. The molecule has 0 radical (unpaired) electrons. The first-order valence-electron chi connectivity index (χ1n) is 6.17. The smallest absolute Gasteiger partial charge is 0.124 e. The van der Waals surface area contributed by atoms with Gasteiger partial charge >= 0.3 is 0 Å². The Hall–Kier alpha value is -1.90. The van der Waals surface area contributed by atoms with Crippen LogP contribution in [-0.4, -0.2) is 16.1 Å². The van der Waals surface area contributed by atoms with Crippen LogP contribution in [0.3, 0.4) is 0 Å². The molecule has 0 fully saturated rings. The first kappa shape index (κ1) is 12.6. The highest BCUT2D eigenvalue weighted by atomic mass is 16.1. The van der Waals surface area contributed by atoms with E-state index in [1.807, 2.05) is 23.7 Å². The third-order valence-corrected chi connectivity index (χ3v) is 3.19. The molecule has 1 heterocycles. The number of aldehydes is 1. The number of benzene rings is 1. The van der Waals surface area contributed by atoms with E-state index in [1.54, 1.807) is 0 Å². The van der Waals surface area contributed by atoms with Crippen molar-refractivity contribution in [3.63, 3.8) is 0 Å². The van der Waals surface area contributed by atoms with Crippen molar-refractivity contribution < 1.29 is 4.79 Å². The summed E-state index contributed by atoms with van der Waals surface area (Å²) in [6.45, 7) is 6.20. The highest BCUT2D eigenvalue weighted by Crippen LogP contribution is 2.20. The average Bonchev–Trinajstić information content (AvgIpc) is 2.69. The Morgan fingerprint density at radius 3 is 2.44 bits per heavy atom. The molecule has 18 heavy (non-hydrogen) atoms. The lowest BCUT2D eigenvalue weighted by atomic mass is 10.0. The Morgan fingerprint density at radius 2 is 1.94 bits per heavy atom. The molecule has 2 aromatic rings. The Bertz CT molecular complexity index is 540. The van der Waals surface area contributed by atoms with Crippen molar-refractivity contribution >= 4 is 6.29 Å². The van der Waals surface area contributed by atoms with Gasteiger partial charge in [0.05, 0.1) is 11.7 Å². The molecule has 3 heteroatoms. The second-order valence-electron chi connectivity index (χ2n) is 4.66. The number of aromatic nitrogens is 2. The summed E-state index contributed by atoms with van der Waals surface area (Å²) in [5.74, 6) is 0. The van der Waals surface area contributed by atoms with Crippen molar-refractivity contribution in [3.8, 4) is 0 Å². The monoisotopic (exact) mass is 242 g/mol. The van der Waals surface area contributed by atoms with Crippen LogP contribution in [-0.2, 0) is 11.2 Å². The summed E-state index contributed by atoms with van der Waals surface area (Å²) in [6.07, 6.45) is 1.41. The van der Waals surface area contributed by atoms with Crippen LogP contribution in [0.25, 0.3) is 0 Å². The molecule has 0 aliphatic heterocycles.